The first kappa shape index (κ1) is 14.9. The maximum absolute atomic E-state index is 13.3. The lowest BCUT2D eigenvalue weighted by molar-refractivity contribution is 0.390. The van der Waals surface area contributed by atoms with Crippen LogP contribution in [0.3, 0.4) is 0 Å². The van der Waals surface area contributed by atoms with Crippen molar-refractivity contribution in [2.45, 2.75) is 12.3 Å². The number of halogens is 1. The largest absolute Gasteiger partial charge is 0.497 e. The van der Waals surface area contributed by atoms with E-state index in [4.69, 9.17) is 9.47 Å². The second kappa shape index (κ2) is 6.76. The molecule has 0 fully saturated rings. The number of methoxy groups -OCH3 is 2. The first-order chi connectivity index (χ1) is 10.2. The van der Waals surface area contributed by atoms with Gasteiger partial charge in [0.15, 0.2) is 0 Å². The molecule has 108 valence electrons. The van der Waals surface area contributed by atoms with Gasteiger partial charge in [0.25, 0.3) is 0 Å². The third kappa shape index (κ3) is 3.51. The Bertz CT molecular complexity index is 664. The van der Waals surface area contributed by atoms with Gasteiger partial charge in [-0.2, -0.15) is 5.26 Å². The molecule has 0 aromatic heterocycles. The van der Waals surface area contributed by atoms with Crippen LogP contribution < -0.4 is 9.47 Å². The summed E-state index contributed by atoms with van der Waals surface area (Å²) < 4.78 is 23.8. The normalized spacial score (nSPS) is 11.5. The van der Waals surface area contributed by atoms with Gasteiger partial charge in [0.1, 0.15) is 17.3 Å². The Morgan fingerprint density at radius 1 is 1.14 bits per heavy atom. The van der Waals surface area contributed by atoms with Crippen LogP contribution in [0.5, 0.6) is 11.5 Å². The van der Waals surface area contributed by atoms with Crippen LogP contribution in [0.15, 0.2) is 42.5 Å². The Balaban J connectivity index is 2.29. The summed E-state index contributed by atoms with van der Waals surface area (Å²) in [7, 11) is 3.15. The van der Waals surface area contributed by atoms with E-state index in [-0.39, 0.29) is 5.82 Å². The summed E-state index contributed by atoms with van der Waals surface area (Å²) in [6.45, 7) is 0. The first-order valence-electron chi connectivity index (χ1n) is 6.54. The summed E-state index contributed by atoms with van der Waals surface area (Å²) in [4.78, 5) is 0. The smallest absolute Gasteiger partial charge is 0.125 e. The monoisotopic (exact) mass is 285 g/mol. The van der Waals surface area contributed by atoms with Gasteiger partial charge in [0, 0.05) is 6.07 Å². The highest BCUT2D eigenvalue weighted by Gasteiger charge is 2.15. The van der Waals surface area contributed by atoms with Crippen LogP contribution >= 0.6 is 0 Å². The molecule has 0 N–H and O–H groups in total. The van der Waals surface area contributed by atoms with Gasteiger partial charge in [0.05, 0.1) is 26.2 Å². The van der Waals surface area contributed by atoms with Gasteiger partial charge in [-0.3, -0.25) is 0 Å². The molecule has 21 heavy (non-hydrogen) atoms. The Labute approximate surface area is 123 Å². The van der Waals surface area contributed by atoms with Gasteiger partial charge < -0.3 is 9.47 Å². The molecule has 0 heterocycles. The zero-order valence-electron chi connectivity index (χ0n) is 12.0. The average Bonchev–Trinajstić information content (AvgIpc) is 2.52. The number of nitriles is 1. The fourth-order valence-corrected chi connectivity index (χ4v) is 2.20. The topological polar surface area (TPSA) is 42.2 Å². The fourth-order valence-electron chi connectivity index (χ4n) is 2.20. The molecular weight excluding hydrogens is 269 g/mol. The van der Waals surface area contributed by atoms with E-state index in [1.165, 1.54) is 12.1 Å². The Hall–Kier alpha value is -2.54. The third-order valence-corrected chi connectivity index (χ3v) is 3.33. The van der Waals surface area contributed by atoms with Crippen molar-refractivity contribution in [3.63, 3.8) is 0 Å². The molecule has 0 saturated carbocycles. The molecular formula is C17H16FNO2. The predicted molar refractivity (Wildman–Crippen MR) is 78.0 cm³/mol. The van der Waals surface area contributed by atoms with Gasteiger partial charge in [-0.05, 0) is 35.7 Å². The number of benzene rings is 2. The molecule has 2 rings (SSSR count). The molecule has 1 unspecified atom stereocenters. The zero-order valence-corrected chi connectivity index (χ0v) is 12.0. The van der Waals surface area contributed by atoms with Gasteiger partial charge >= 0.3 is 0 Å². The quantitative estimate of drug-likeness (QED) is 0.841. The molecule has 4 heteroatoms. The number of nitrogens with zero attached hydrogens (tertiary/aromatic N) is 1. The molecule has 0 spiro atoms. The number of hydrogen-bond donors (Lipinski definition) is 0. The van der Waals surface area contributed by atoms with E-state index >= 15 is 0 Å². The Kier molecular flexibility index (Phi) is 4.78. The second-order valence-corrected chi connectivity index (χ2v) is 4.62. The number of hydrogen-bond acceptors (Lipinski definition) is 3. The fraction of sp³-hybridized carbons (Fsp3) is 0.235. The molecule has 0 aliphatic heterocycles. The average molecular weight is 285 g/mol. The molecule has 0 amide bonds. The Morgan fingerprint density at radius 2 is 1.95 bits per heavy atom. The predicted octanol–water partition coefficient (Wildman–Crippen LogP) is 3.69. The van der Waals surface area contributed by atoms with Crippen LogP contribution in [0.4, 0.5) is 4.39 Å². The van der Waals surface area contributed by atoms with Crippen molar-refractivity contribution >= 4 is 0 Å². The van der Waals surface area contributed by atoms with Crippen LogP contribution in [0.25, 0.3) is 0 Å². The molecule has 0 aliphatic rings. The summed E-state index contributed by atoms with van der Waals surface area (Å²) in [5, 5.41) is 9.36. The van der Waals surface area contributed by atoms with Gasteiger partial charge in [-0.1, -0.05) is 18.2 Å². The lowest BCUT2D eigenvalue weighted by Crippen LogP contribution is -2.03. The van der Waals surface area contributed by atoms with E-state index in [0.29, 0.717) is 23.5 Å². The van der Waals surface area contributed by atoms with Gasteiger partial charge in [-0.25, -0.2) is 4.39 Å². The minimum absolute atomic E-state index is 0.338. The molecule has 2 aromatic carbocycles. The van der Waals surface area contributed by atoms with Crippen LogP contribution in [-0.4, -0.2) is 14.2 Å². The van der Waals surface area contributed by atoms with Crippen LogP contribution in [0.2, 0.25) is 0 Å². The van der Waals surface area contributed by atoms with Crippen molar-refractivity contribution in [2.75, 3.05) is 14.2 Å². The summed E-state index contributed by atoms with van der Waals surface area (Å²) >= 11 is 0. The van der Waals surface area contributed by atoms with Crippen LogP contribution in [-0.2, 0) is 6.42 Å². The first-order valence-corrected chi connectivity index (χ1v) is 6.54. The van der Waals surface area contributed by atoms with Crippen LogP contribution in [0, 0.1) is 17.1 Å². The van der Waals surface area contributed by atoms with Gasteiger partial charge in [0.2, 0.25) is 0 Å². The van der Waals surface area contributed by atoms with E-state index in [9.17, 15) is 9.65 Å². The highest BCUT2D eigenvalue weighted by Crippen LogP contribution is 2.29. The summed E-state index contributed by atoms with van der Waals surface area (Å²) in [5.74, 6) is 0.582. The van der Waals surface area contributed by atoms with Crippen molar-refractivity contribution in [1.82, 2.24) is 0 Å². The van der Waals surface area contributed by atoms with Crippen LogP contribution in [0.1, 0.15) is 17.0 Å². The minimum atomic E-state index is -0.428. The lowest BCUT2D eigenvalue weighted by atomic mass is 9.92. The molecule has 0 bridgehead atoms. The van der Waals surface area contributed by atoms with Crippen molar-refractivity contribution < 1.29 is 13.9 Å². The lowest BCUT2D eigenvalue weighted by Gasteiger charge is -2.14. The summed E-state index contributed by atoms with van der Waals surface area (Å²) in [6, 6.07) is 13.8. The molecule has 2 aromatic rings. The molecule has 1 atom stereocenters. The van der Waals surface area contributed by atoms with E-state index in [1.807, 2.05) is 12.1 Å². The maximum atomic E-state index is 13.3. The SMILES string of the molecule is COc1ccc(CC(C#N)c2cccc(F)c2)c(OC)c1. The van der Waals surface area contributed by atoms with Crippen molar-refractivity contribution in [3.8, 4) is 17.6 Å². The van der Waals surface area contributed by atoms with E-state index in [0.717, 1.165) is 5.56 Å². The zero-order chi connectivity index (χ0) is 15.2. The second-order valence-electron chi connectivity index (χ2n) is 4.62. The molecule has 0 radical (unpaired) electrons. The van der Waals surface area contributed by atoms with E-state index < -0.39 is 5.92 Å². The van der Waals surface area contributed by atoms with Crippen molar-refractivity contribution in [2.24, 2.45) is 0 Å². The van der Waals surface area contributed by atoms with Crippen molar-refractivity contribution in [3.05, 3.63) is 59.4 Å². The molecule has 3 nitrogen and oxygen atoms in total. The summed E-state index contributed by atoms with van der Waals surface area (Å²) in [6.07, 6.45) is 0.452. The summed E-state index contributed by atoms with van der Waals surface area (Å²) in [5.41, 5.74) is 1.55. The number of rotatable bonds is 5. The molecule has 0 aliphatic carbocycles. The van der Waals surface area contributed by atoms with E-state index in [2.05, 4.69) is 6.07 Å². The highest BCUT2D eigenvalue weighted by molar-refractivity contribution is 5.42. The Morgan fingerprint density at radius 3 is 2.57 bits per heavy atom. The van der Waals surface area contributed by atoms with E-state index in [1.54, 1.807) is 32.4 Å². The minimum Gasteiger partial charge on any atom is -0.497 e. The van der Waals surface area contributed by atoms with Gasteiger partial charge in [-0.15, -0.1) is 0 Å². The molecule has 0 saturated heterocycles. The maximum Gasteiger partial charge on any atom is 0.125 e. The standard InChI is InChI=1S/C17H16FNO2/c1-20-16-7-6-13(17(10-16)21-2)8-14(11-19)12-4-3-5-15(18)9-12/h3-7,9-10,14H,8H2,1-2H3. The number of ether oxygens (including phenoxy) is 2. The highest BCUT2D eigenvalue weighted by atomic mass is 19.1. The van der Waals surface area contributed by atoms with Crippen molar-refractivity contribution in [1.29, 1.82) is 5.26 Å². The third-order valence-electron chi connectivity index (χ3n) is 3.33.